The minimum absolute atomic E-state index is 0.499. The number of nitrogens with one attached hydrogen (secondary N) is 1. The summed E-state index contributed by atoms with van der Waals surface area (Å²) in [5, 5.41) is 3.52. The summed E-state index contributed by atoms with van der Waals surface area (Å²) in [6, 6.07) is 7.32. The Kier molecular flexibility index (Phi) is 6.60. The van der Waals surface area contributed by atoms with E-state index in [1.807, 2.05) is 48.9 Å². The van der Waals surface area contributed by atoms with Gasteiger partial charge >= 0.3 is 11.8 Å². The lowest BCUT2D eigenvalue weighted by Gasteiger charge is -2.19. The monoisotopic (exact) mass is 361 g/mol. The molecule has 1 aromatic carbocycles. The molecular weight excluding hydrogens is 338 g/mol. The van der Waals surface area contributed by atoms with Gasteiger partial charge in [0.2, 0.25) is 0 Å². The molecule has 1 heterocycles. The molecule has 0 bridgehead atoms. The maximum Gasteiger partial charge on any atom is 0.313 e. The van der Waals surface area contributed by atoms with Crippen molar-refractivity contribution >= 4 is 29.3 Å². The molecule has 0 radical (unpaired) electrons. The summed E-state index contributed by atoms with van der Waals surface area (Å²) in [4.78, 5) is 32.7. The minimum atomic E-state index is -0.634. The number of anilines is 1. The Morgan fingerprint density at radius 1 is 1.16 bits per heavy atom. The van der Waals surface area contributed by atoms with Crippen molar-refractivity contribution in [1.82, 2.24) is 19.4 Å². The van der Waals surface area contributed by atoms with Crippen molar-refractivity contribution in [3.63, 3.8) is 0 Å². The Hall–Kier alpha value is -2.32. The number of rotatable bonds is 6. The summed E-state index contributed by atoms with van der Waals surface area (Å²) in [6.45, 7) is 1.20. The van der Waals surface area contributed by atoms with Gasteiger partial charge in [-0.3, -0.25) is 9.59 Å². The number of benzene rings is 1. The zero-order valence-electron chi connectivity index (χ0n) is 14.9. The number of likely N-dealkylation sites (N-methyl/N-ethyl adjacent to an activating group) is 2. The van der Waals surface area contributed by atoms with Crippen LogP contribution >= 0.6 is 11.8 Å². The number of amides is 2. The molecule has 7 nitrogen and oxygen atoms in total. The van der Waals surface area contributed by atoms with Gasteiger partial charge < -0.3 is 19.7 Å². The topological polar surface area (TPSA) is 70.5 Å². The van der Waals surface area contributed by atoms with Crippen molar-refractivity contribution in [2.24, 2.45) is 7.05 Å². The Morgan fingerprint density at radius 3 is 2.40 bits per heavy atom. The molecule has 8 heteroatoms. The predicted molar refractivity (Wildman–Crippen MR) is 98.6 cm³/mol. The van der Waals surface area contributed by atoms with Gasteiger partial charge in [-0.05, 0) is 38.4 Å². The number of aryl methyl sites for hydroxylation is 1. The standard InChI is InChI=1S/C17H23N5O2S/c1-20(2)11-12-21(3)16(24)15(23)19-13-5-7-14(8-6-13)25-17-18-9-10-22(17)4/h5-10H,11-12H2,1-4H3,(H,19,23). The van der Waals surface area contributed by atoms with Gasteiger partial charge in [-0.1, -0.05) is 11.8 Å². The summed E-state index contributed by atoms with van der Waals surface area (Å²) < 4.78 is 1.93. The van der Waals surface area contributed by atoms with Gasteiger partial charge in [0, 0.05) is 50.2 Å². The first-order chi connectivity index (χ1) is 11.9. The summed E-state index contributed by atoms with van der Waals surface area (Å²) in [6.07, 6.45) is 3.63. The third-order valence-electron chi connectivity index (χ3n) is 3.52. The van der Waals surface area contributed by atoms with Gasteiger partial charge in [-0.15, -0.1) is 0 Å². The highest BCUT2D eigenvalue weighted by Crippen LogP contribution is 2.26. The van der Waals surface area contributed by atoms with Crippen molar-refractivity contribution in [2.45, 2.75) is 10.1 Å². The van der Waals surface area contributed by atoms with E-state index in [-0.39, 0.29) is 0 Å². The van der Waals surface area contributed by atoms with Crippen LogP contribution in [0.15, 0.2) is 46.7 Å². The largest absolute Gasteiger partial charge is 0.336 e. The number of hydrogen-bond donors (Lipinski definition) is 1. The van der Waals surface area contributed by atoms with Crippen LogP contribution in [0.25, 0.3) is 0 Å². The zero-order chi connectivity index (χ0) is 18.4. The van der Waals surface area contributed by atoms with Crippen LogP contribution in [0, 0.1) is 0 Å². The van der Waals surface area contributed by atoms with Crippen LogP contribution in [0.3, 0.4) is 0 Å². The van der Waals surface area contributed by atoms with Crippen molar-refractivity contribution < 1.29 is 9.59 Å². The predicted octanol–water partition coefficient (Wildman–Crippen LogP) is 1.53. The van der Waals surface area contributed by atoms with Crippen LogP contribution < -0.4 is 5.32 Å². The number of aromatic nitrogens is 2. The smallest absolute Gasteiger partial charge is 0.313 e. The lowest BCUT2D eigenvalue weighted by Crippen LogP contribution is -2.40. The first kappa shape index (κ1) is 19.0. The van der Waals surface area contributed by atoms with Crippen LogP contribution in [0.1, 0.15) is 0 Å². The second-order valence-electron chi connectivity index (χ2n) is 5.93. The molecule has 0 atom stereocenters. The fourth-order valence-corrected chi connectivity index (χ4v) is 2.77. The lowest BCUT2D eigenvalue weighted by atomic mass is 10.3. The first-order valence-corrected chi connectivity index (χ1v) is 8.65. The van der Waals surface area contributed by atoms with E-state index in [0.717, 1.165) is 10.1 Å². The average molecular weight is 361 g/mol. The number of nitrogens with zero attached hydrogens (tertiary/aromatic N) is 4. The molecule has 0 aliphatic rings. The molecule has 2 aromatic rings. The summed E-state index contributed by atoms with van der Waals surface area (Å²) in [5.74, 6) is -1.18. The second-order valence-corrected chi connectivity index (χ2v) is 6.97. The molecule has 0 spiro atoms. The van der Waals surface area contributed by atoms with Crippen LogP contribution in [-0.2, 0) is 16.6 Å². The van der Waals surface area contributed by atoms with Crippen LogP contribution in [0.5, 0.6) is 0 Å². The van der Waals surface area contributed by atoms with Gasteiger partial charge in [0.05, 0.1) is 0 Å². The zero-order valence-corrected chi connectivity index (χ0v) is 15.7. The van der Waals surface area contributed by atoms with Crippen molar-refractivity contribution in [3.8, 4) is 0 Å². The molecule has 0 saturated carbocycles. The van der Waals surface area contributed by atoms with Gasteiger partial charge in [0.15, 0.2) is 5.16 Å². The van der Waals surface area contributed by atoms with E-state index in [1.54, 1.807) is 25.4 Å². The van der Waals surface area contributed by atoms with Gasteiger partial charge in [0.25, 0.3) is 0 Å². The summed E-state index contributed by atoms with van der Waals surface area (Å²) in [5.41, 5.74) is 0.587. The van der Waals surface area contributed by atoms with E-state index in [1.165, 1.54) is 16.7 Å². The number of carbonyl (C=O) groups is 2. The quantitative estimate of drug-likeness (QED) is 0.790. The molecule has 0 saturated heterocycles. The number of imidazole rings is 1. The molecule has 25 heavy (non-hydrogen) atoms. The molecule has 0 aliphatic heterocycles. The molecule has 1 aromatic heterocycles. The molecule has 2 rings (SSSR count). The first-order valence-electron chi connectivity index (χ1n) is 7.83. The highest BCUT2D eigenvalue weighted by molar-refractivity contribution is 7.99. The SMILES string of the molecule is CN(C)CCN(C)C(=O)C(=O)Nc1ccc(Sc2nccn2C)cc1. The molecule has 0 fully saturated rings. The van der Waals surface area contributed by atoms with Crippen LogP contribution in [0.2, 0.25) is 0 Å². The molecule has 0 aliphatic carbocycles. The van der Waals surface area contributed by atoms with E-state index >= 15 is 0 Å². The lowest BCUT2D eigenvalue weighted by molar-refractivity contribution is -0.142. The van der Waals surface area contributed by atoms with Crippen molar-refractivity contribution in [1.29, 1.82) is 0 Å². The normalized spacial score (nSPS) is 10.8. The van der Waals surface area contributed by atoms with E-state index in [2.05, 4.69) is 10.3 Å². The Bertz CT molecular complexity index is 727. The third-order valence-corrected chi connectivity index (χ3v) is 4.61. The summed E-state index contributed by atoms with van der Waals surface area (Å²) in [7, 11) is 7.40. The Labute approximate surface area is 152 Å². The highest BCUT2D eigenvalue weighted by Gasteiger charge is 2.18. The molecule has 1 N–H and O–H groups in total. The van der Waals surface area contributed by atoms with E-state index in [4.69, 9.17) is 0 Å². The van der Waals surface area contributed by atoms with E-state index < -0.39 is 11.8 Å². The highest BCUT2D eigenvalue weighted by atomic mass is 32.2. The molecule has 2 amide bonds. The van der Waals surface area contributed by atoms with Crippen molar-refractivity contribution in [2.75, 3.05) is 39.5 Å². The minimum Gasteiger partial charge on any atom is -0.336 e. The second kappa shape index (κ2) is 8.68. The maximum absolute atomic E-state index is 12.1. The fourth-order valence-electron chi connectivity index (χ4n) is 1.97. The van der Waals surface area contributed by atoms with E-state index in [0.29, 0.717) is 18.8 Å². The average Bonchev–Trinajstić information content (AvgIpc) is 2.98. The Morgan fingerprint density at radius 2 is 1.84 bits per heavy atom. The number of hydrogen-bond acceptors (Lipinski definition) is 5. The summed E-state index contributed by atoms with van der Waals surface area (Å²) >= 11 is 1.53. The Balaban J connectivity index is 1.90. The fraction of sp³-hybridized carbons (Fsp3) is 0.353. The van der Waals surface area contributed by atoms with Crippen LogP contribution in [-0.4, -0.2) is 65.4 Å². The van der Waals surface area contributed by atoms with Crippen molar-refractivity contribution in [3.05, 3.63) is 36.7 Å². The van der Waals surface area contributed by atoms with Gasteiger partial charge in [-0.25, -0.2) is 4.98 Å². The number of carbonyl (C=O) groups excluding carboxylic acids is 2. The van der Waals surface area contributed by atoms with E-state index in [9.17, 15) is 9.59 Å². The third kappa shape index (κ3) is 5.61. The molecular formula is C17H23N5O2S. The maximum atomic E-state index is 12.1. The van der Waals surface area contributed by atoms with Gasteiger partial charge in [0.1, 0.15) is 0 Å². The van der Waals surface area contributed by atoms with Crippen LogP contribution in [0.4, 0.5) is 5.69 Å². The van der Waals surface area contributed by atoms with Gasteiger partial charge in [-0.2, -0.15) is 0 Å². The molecule has 134 valence electrons. The molecule has 0 unspecified atom stereocenters.